The summed E-state index contributed by atoms with van der Waals surface area (Å²) in [5, 5.41) is 10.5. The molecule has 4 nitrogen and oxygen atoms in total. The van der Waals surface area contributed by atoms with Gasteiger partial charge in [-0.15, -0.1) is 0 Å². The number of carboxylic acid groups (broad SMARTS) is 1. The molecule has 1 fully saturated rings. The number of amides is 1. The van der Waals surface area contributed by atoms with Gasteiger partial charge in [-0.05, 0) is 24.7 Å². The normalized spacial score (nSPS) is 16.8. The Morgan fingerprint density at radius 1 is 1.20 bits per heavy atom. The second-order valence-corrected chi connectivity index (χ2v) is 4.98. The highest BCUT2D eigenvalue weighted by Gasteiger charge is 2.26. The number of carboxylic acids is 1. The summed E-state index contributed by atoms with van der Waals surface area (Å²) in [4.78, 5) is 24.1. The number of aliphatic carboxylic acids is 1. The highest BCUT2D eigenvalue weighted by molar-refractivity contribution is 5.78. The number of hydrogen-bond donors (Lipinski definition) is 0. The van der Waals surface area contributed by atoms with Gasteiger partial charge in [0, 0.05) is 25.5 Å². The monoisotopic (exact) mass is 212 g/mol. The van der Waals surface area contributed by atoms with E-state index in [2.05, 4.69) is 0 Å². The number of rotatable bonds is 4. The molecule has 0 aromatic rings. The molecule has 0 N–H and O–H groups in total. The van der Waals surface area contributed by atoms with Crippen LogP contribution in [0.5, 0.6) is 0 Å². The molecular weight excluding hydrogens is 194 g/mol. The highest BCUT2D eigenvalue weighted by atomic mass is 16.4. The minimum atomic E-state index is -1.09. The largest absolute Gasteiger partial charge is 0.550 e. The lowest BCUT2D eigenvalue weighted by Crippen LogP contribution is -2.35. The lowest BCUT2D eigenvalue weighted by Gasteiger charge is -2.27. The van der Waals surface area contributed by atoms with E-state index >= 15 is 0 Å². The van der Waals surface area contributed by atoms with Crippen LogP contribution in [-0.2, 0) is 9.59 Å². The first-order valence-electron chi connectivity index (χ1n) is 5.38. The summed E-state index contributed by atoms with van der Waals surface area (Å²) >= 11 is 0. The third kappa shape index (κ3) is 3.90. The number of carbonyl (C=O) groups is 2. The van der Waals surface area contributed by atoms with E-state index in [0.717, 1.165) is 25.9 Å². The third-order valence-electron chi connectivity index (χ3n) is 2.71. The van der Waals surface area contributed by atoms with Crippen molar-refractivity contribution in [3.05, 3.63) is 0 Å². The Hall–Kier alpha value is -1.06. The average molecular weight is 212 g/mol. The molecule has 0 aliphatic carbocycles. The maximum absolute atomic E-state index is 11.8. The van der Waals surface area contributed by atoms with Crippen LogP contribution in [0.4, 0.5) is 0 Å². The average Bonchev–Trinajstić information content (AvgIpc) is 2.50. The molecule has 1 rings (SSSR count). The molecule has 15 heavy (non-hydrogen) atoms. The zero-order valence-electron chi connectivity index (χ0n) is 9.41. The van der Waals surface area contributed by atoms with Gasteiger partial charge in [-0.25, -0.2) is 0 Å². The van der Waals surface area contributed by atoms with Crippen LogP contribution in [0.3, 0.4) is 0 Å². The topological polar surface area (TPSA) is 60.4 Å². The maximum Gasteiger partial charge on any atom is 0.223 e. The fourth-order valence-electron chi connectivity index (χ4n) is 1.94. The van der Waals surface area contributed by atoms with Crippen molar-refractivity contribution < 1.29 is 14.7 Å². The van der Waals surface area contributed by atoms with Gasteiger partial charge >= 0.3 is 0 Å². The molecule has 4 heteroatoms. The molecule has 0 aromatic carbocycles. The SMILES string of the molecule is CC(C)(CC(=O)[O-])CC(=O)N1CCCC1. The molecule has 1 saturated heterocycles. The molecule has 1 heterocycles. The summed E-state index contributed by atoms with van der Waals surface area (Å²) in [5.41, 5.74) is -0.501. The fourth-order valence-corrected chi connectivity index (χ4v) is 1.94. The van der Waals surface area contributed by atoms with Crippen LogP contribution in [0.25, 0.3) is 0 Å². The van der Waals surface area contributed by atoms with E-state index in [1.54, 1.807) is 13.8 Å². The van der Waals surface area contributed by atoms with Gasteiger partial charge in [0.2, 0.25) is 5.91 Å². The summed E-state index contributed by atoms with van der Waals surface area (Å²) in [6.45, 7) is 5.22. The second kappa shape index (κ2) is 4.64. The number of hydrogen-bond acceptors (Lipinski definition) is 3. The zero-order chi connectivity index (χ0) is 11.5. The van der Waals surface area contributed by atoms with Gasteiger partial charge in [0.05, 0.1) is 0 Å². The quantitative estimate of drug-likeness (QED) is 0.667. The summed E-state index contributed by atoms with van der Waals surface area (Å²) in [6.07, 6.45) is 2.35. The van der Waals surface area contributed by atoms with Gasteiger partial charge in [0.15, 0.2) is 0 Å². The molecule has 86 valence electrons. The van der Waals surface area contributed by atoms with Crippen LogP contribution in [-0.4, -0.2) is 29.9 Å². The molecule has 1 aliphatic heterocycles. The Morgan fingerprint density at radius 2 is 1.73 bits per heavy atom. The molecule has 1 amide bonds. The first-order chi connectivity index (χ1) is 6.91. The van der Waals surface area contributed by atoms with E-state index in [1.807, 2.05) is 4.90 Å². The minimum Gasteiger partial charge on any atom is -0.550 e. The predicted molar refractivity (Wildman–Crippen MR) is 53.8 cm³/mol. The van der Waals surface area contributed by atoms with E-state index in [4.69, 9.17) is 0 Å². The van der Waals surface area contributed by atoms with Gasteiger partial charge < -0.3 is 14.8 Å². The van der Waals surface area contributed by atoms with Gasteiger partial charge in [-0.2, -0.15) is 0 Å². The molecule has 0 aromatic heterocycles. The lowest BCUT2D eigenvalue weighted by molar-refractivity contribution is -0.307. The Morgan fingerprint density at radius 3 is 2.20 bits per heavy atom. The van der Waals surface area contributed by atoms with Crippen molar-refractivity contribution in [2.45, 2.75) is 39.5 Å². The van der Waals surface area contributed by atoms with Crippen LogP contribution in [0, 0.1) is 5.41 Å². The predicted octanol–water partition coefficient (Wildman–Crippen LogP) is 0.165. The fraction of sp³-hybridized carbons (Fsp3) is 0.818. The smallest absolute Gasteiger partial charge is 0.223 e. The molecule has 0 bridgehead atoms. The number of carbonyl (C=O) groups excluding carboxylic acids is 2. The van der Waals surface area contributed by atoms with Gasteiger partial charge in [-0.3, -0.25) is 4.79 Å². The van der Waals surface area contributed by atoms with Crippen molar-refractivity contribution in [1.29, 1.82) is 0 Å². The van der Waals surface area contributed by atoms with E-state index in [1.165, 1.54) is 0 Å². The van der Waals surface area contributed by atoms with Crippen molar-refractivity contribution in [3.8, 4) is 0 Å². The van der Waals surface area contributed by atoms with E-state index < -0.39 is 11.4 Å². The first-order valence-corrected chi connectivity index (χ1v) is 5.38. The van der Waals surface area contributed by atoms with Crippen molar-refractivity contribution in [3.63, 3.8) is 0 Å². The standard InChI is InChI=1S/C11H19NO3/c1-11(2,8-10(14)15)7-9(13)12-5-3-4-6-12/h3-8H2,1-2H3,(H,14,15)/p-1. The zero-order valence-corrected chi connectivity index (χ0v) is 9.41. The summed E-state index contributed by atoms with van der Waals surface area (Å²) in [6, 6.07) is 0. The second-order valence-electron chi connectivity index (χ2n) is 4.98. The summed E-state index contributed by atoms with van der Waals surface area (Å²) in [5.74, 6) is -1.02. The van der Waals surface area contributed by atoms with E-state index in [-0.39, 0.29) is 12.3 Å². The van der Waals surface area contributed by atoms with Crippen molar-refractivity contribution >= 4 is 11.9 Å². The molecule has 0 unspecified atom stereocenters. The van der Waals surface area contributed by atoms with Gasteiger partial charge in [-0.1, -0.05) is 13.8 Å². The first kappa shape index (κ1) is 12.0. The third-order valence-corrected chi connectivity index (χ3v) is 2.71. The molecule has 0 saturated carbocycles. The van der Waals surface area contributed by atoms with Crippen LogP contribution in [0.2, 0.25) is 0 Å². The minimum absolute atomic E-state index is 0.0629. The van der Waals surface area contributed by atoms with Crippen LogP contribution < -0.4 is 5.11 Å². The van der Waals surface area contributed by atoms with Crippen molar-refractivity contribution in [1.82, 2.24) is 4.90 Å². The number of nitrogens with zero attached hydrogens (tertiary/aromatic N) is 1. The Balaban J connectivity index is 2.44. The van der Waals surface area contributed by atoms with E-state index in [9.17, 15) is 14.7 Å². The van der Waals surface area contributed by atoms with Crippen molar-refractivity contribution in [2.75, 3.05) is 13.1 Å². The summed E-state index contributed by atoms with van der Waals surface area (Å²) < 4.78 is 0. The van der Waals surface area contributed by atoms with Gasteiger partial charge in [0.1, 0.15) is 0 Å². The van der Waals surface area contributed by atoms with Gasteiger partial charge in [0.25, 0.3) is 0 Å². The molecule has 1 aliphatic rings. The molecule has 0 radical (unpaired) electrons. The van der Waals surface area contributed by atoms with E-state index in [0.29, 0.717) is 6.42 Å². The van der Waals surface area contributed by atoms with Crippen LogP contribution in [0.15, 0.2) is 0 Å². The lowest BCUT2D eigenvalue weighted by atomic mass is 9.85. The Labute approximate surface area is 90.3 Å². The Kier molecular flexibility index (Phi) is 3.72. The molecule has 0 atom stereocenters. The summed E-state index contributed by atoms with van der Waals surface area (Å²) in [7, 11) is 0. The highest BCUT2D eigenvalue weighted by Crippen LogP contribution is 2.26. The maximum atomic E-state index is 11.8. The molecule has 0 spiro atoms. The Bertz CT molecular complexity index is 255. The molecular formula is C11H18NO3-. The van der Waals surface area contributed by atoms with Crippen molar-refractivity contribution in [2.24, 2.45) is 5.41 Å². The number of likely N-dealkylation sites (tertiary alicyclic amines) is 1. The van der Waals surface area contributed by atoms with Crippen LogP contribution >= 0.6 is 0 Å². The van der Waals surface area contributed by atoms with Crippen LogP contribution in [0.1, 0.15) is 39.5 Å².